The van der Waals surface area contributed by atoms with Crippen molar-refractivity contribution in [2.75, 3.05) is 27.3 Å². The fraction of sp³-hybridized carbons (Fsp3) is 1.00. The van der Waals surface area contributed by atoms with Gasteiger partial charge in [0.15, 0.2) is 0 Å². The SMILES string of the molecule is CNCCCCCCOP(=O)(O)OC.[HH]. The Balaban J connectivity index is 0. The normalized spacial score (nSPS) is 15.4. The van der Waals surface area contributed by atoms with Crippen molar-refractivity contribution in [3.63, 3.8) is 0 Å². The molecule has 0 aliphatic rings. The van der Waals surface area contributed by atoms with Crippen LogP contribution in [0.15, 0.2) is 0 Å². The summed E-state index contributed by atoms with van der Waals surface area (Å²) in [7, 11) is -0.666. The van der Waals surface area contributed by atoms with E-state index in [-0.39, 0.29) is 8.03 Å². The summed E-state index contributed by atoms with van der Waals surface area (Å²) in [5.74, 6) is 0. The molecule has 1 atom stereocenters. The van der Waals surface area contributed by atoms with Gasteiger partial charge in [0.25, 0.3) is 0 Å². The van der Waals surface area contributed by atoms with Crippen LogP contribution in [0.4, 0.5) is 0 Å². The quantitative estimate of drug-likeness (QED) is 0.464. The summed E-state index contributed by atoms with van der Waals surface area (Å²) >= 11 is 0. The van der Waals surface area contributed by atoms with Crippen LogP contribution >= 0.6 is 7.82 Å². The van der Waals surface area contributed by atoms with Gasteiger partial charge in [0.1, 0.15) is 0 Å². The van der Waals surface area contributed by atoms with Crippen LogP contribution in [0.2, 0.25) is 0 Å². The molecule has 0 aromatic carbocycles. The fourth-order valence-electron chi connectivity index (χ4n) is 0.990. The average molecular weight is 227 g/mol. The molecule has 0 spiro atoms. The first-order valence-electron chi connectivity index (χ1n) is 4.80. The zero-order chi connectivity index (χ0) is 10.9. The summed E-state index contributed by atoms with van der Waals surface area (Å²) < 4.78 is 19.7. The molecule has 0 aromatic heterocycles. The van der Waals surface area contributed by atoms with Gasteiger partial charge in [-0.3, -0.25) is 9.05 Å². The van der Waals surface area contributed by atoms with Crippen LogP contribution in [-0.4, -0.2) is 32.2 Å². The van der Waals surface area contributed by atoms with Crippen LogP contribution in [0.3, 0.4) is 0 Å². The van der Waals surface area contributed by atoms with Gasteiger partial charge in [0.05, 0.1) is 6.61 Å². The van der Waals surface area contributed by atoms with E-state index in [4.69, 9.17) is 4.89 Å². The zero-order valence-corrected chi connectivity index (χ0v) is 9.76. The van der Waals surface area contributed by atoms with Crippen molar-refractivity contribution in [2.45, 2.75) is 25.7 Å². The molecule has 0 saturated heterocycles. The lowest BCUT2D eigenvalue weighted by atomic mass is 10.2. The van der Waals surface area contributed by atoms with E-state index in [1.54, 1.807) is 0 Å². The molecule has 0 bridgehead atoms. The largest absolute Gasteiger partial charge is 0.471 e. The molecule has 0 amide bonds. The van der Waals surface area contributed by atoms with Gasteiger partial charge in [0.2, 0.25) is 0 Å². The number of nitrogens with one attached hydrogen (secondary N) is 1. The van der Waals surface area contributed by atoms with Crippen molar-refractivity contribution in [1.82, 2.24) is 5.32 Å². The van der Waals surface area contributed by atoms with Crippen LogP contribution in [-0.2, 0) is 13.6 Å². The van der Waals surface area contributed by atoms with Gasteiger partial charge in [-0.2, -0.15) is 0 Å². The molecule has 0 saturated carbocycles. The summed E-state index contributed by atoms with van der Waals surface area (Å²) in [6.07, 6.45) is 4.02. The molecule has 0 heterocycles. The van der Waals surface area contributed by atoms with E-state index in [2.05, 4.69) is 14.4 Å². The first kappa shape index (κ1) is 14.1. The minimum Gasteiger partial charge on any atom is -0.320 e. The number of unbranched alkanes of at least 4 members (excludes halogenated alkanes) is 3. The Labute approximate surface area is 86.9 Å². The monoisotopic (exact) mass is 227 g/mol. The summed E-state index contributed by atoms with van der Waals surface area (Å²) in [5, 5.41) is 3.06. The zero-order valence-electron chi connectivity index (χ0n) is 8.86. The number of phosphoric acid groups is 1. The highest BCUT2D eigenvalue weighted by atomic mass is 31.2. The predicted octanol–water partition coefficient (Wildman–Crippen LogP) is 1.78. The summed E-state index contributed by atoms with van der Waals surface area (Å²) in [6, 6.07) is 0. The van der Waals surface area contributed by atoms with Gasteiger partial charge in [-0.1, -0.05) is 12.8 Å². The highest BCUT2D eigenvalue weighted by Gasteiger charge is 2.16. The Kier molecular flexibility index (Phi) is 8.43. The van der Waals surface area contributed by atoms with Crippen LogP contribution in [0.5, 0.6) is 0 Å². The molecule has 0 aromatic rings. The molecule has 0 rings (SSSR count). The molecule has 0 fully saturated rings. The van der Waals surface area contributed by atoms with Gasteiger partial charge >= 0.3 is 7.82 Å². The molecule has 88 valence electrons. The first-order valence-corrected chi connectivity index (χ1v) is 6.29. The van der Waals surface area contributed by atoms with Crippen molar-refractivity contribution in [3.05, 3.63) is 0 Å². The number of hydrogen-bond donors (Lipinski definition) is 2. The second-order valence-corrected chi connectivity index (χ2v) is 4.56. The fourth-order valence-corrected chi connectivity index (χ4v) is 1.46. The number of hydrogen-bond acceptors (Lipinski definition) is 4. The third-order valence-electron chi connectivity index (χ3n) is 1.81. The van der Waals surface area contributed by atoms with Crippen molar-refractivity contribution >= 4 is 7.82 Å². The molecular formula is C8H22NO4P. The van der Waals surface area contributed by atoms with E-state index in [1.165, 1.54) is 0 Å². The lowest BCUT2D eigenvalue weighted by Gasteiger charge is -2.08. The second kappa shape index (κ2) is 8.38. The van der Waals surface area contributed by atoms with Crippen LogP contribution in [0.25, 0.3) is 0 Å². The number of rotatable bonds is 9. The smallest absolute Gasteiger partial charge is 0.320 e. The van der Waals surface area contributed by atoms with Crippen molar-refractivity contribution in [3.8, 4) is 0 Å². The Bertz CT molecular complexity index is 182. The molecule has 5 nitrogen and oxygen atoms in total. The molecule has 0 radical (unpaired) electrons. The van der Waals surface area contributed by atoms with Crippen molar-refractivity contribution in [1.29, 1.82) is 0 Å². The molecule has 0 aliphatic heterocycles. The van der Waals surface area contributed by atoms with Crippen molar-refractivity contribution < 1.29 is 19.9 Å². The van der Waals surface area contributed by atoms with Crippen LogP contribution in [0, 0.1) is 0 Å². The summed E-state index contributed by atoms with van der Waals surface area (Å²) in [6.45, 7) is 1.29. The molecular weight excluding hydrogens is 205 g/mol. The Morgan fingerprint density at radius 1 is 1.36 bits per heavy atom. The Morgan fingerprint density at radius 2 is 2.00 bits per heavy atom. The van der Waals surface area contributed by atoms with Gasteiger partial charge < -0.3 is 10.2 Å². The number of phosphoric ester groups is 1. The van der Waals surface area contributed by atoms with E-state index in [1.807, 2.05) is 7.05 Å². The third kappa shape index (κ3) is 8.66. The molecule has 2 N–H and O–H groups in total. The second-order valence-electron chi connectivity index (χ2n) is 3.00. The minimum absolute atomic E-state index is 0. The summed E-state index contributed by atoms with van der Waals surface area (Å²) in [5.41, 5.74) is 0. The Morgan fingerprint density at radius 3 is 2.57 bits per heavy atom. The maximum absolute atomic E-state index is 10.8. The maximum atomic E-state index is 10.8. The highest BCUT2D eigenvalue weighted by molar-refractivity contribution is 7.47. The highest BCUT2D eigenvalue weighted by Crippen LogP contribution is 2.41. The third-order valence-corrected chi connectivity index (χ3v) is 2.78. The molecule has 1 unspecified atom stereocenters. The van der Waals surface area contributed by atoms with Gasteiger partial charge in [-0.15, -0.1) is 0 Å². The lowest BCUT2D eigenvalue weighted by Crippen LogP contribution is -2.07. The Hall–Kier alpha value is 0.0700. The van der Waals surface area contributed by atoms with E-state index in [0.29, 0.717) is 0 Å². The maximum Gasteiger partial charge on any atom is 0.471 e. The van der Waals surface area contributed by atoms with Gasteiger partial charge in [-0.25, -0.2) is 4.57 Å². The summed E-state index contributed by atoms with van der Waals surface area (Å²) in [4.78, 5) is 8.87. The average Bonchev–Trinajstić information content (AvgIpc) is 2.16. The standard InChI is InChI=1S/C8H20NO4P.H2/c1-9-7-5-3-4-6-8-13-14(10,11)12-2;/h9H,3-8H2,1-2H3,(H,10,11);1H. The van der Waals surface area contributed by atoms with E-state index in [9.17, 15) is 4.57 Å². The van der Waals surface area contributed by atoms with Crippen LogP contribution in [0.1, 0.15) is 27.1 Å². The van der Waals surface area contributed by atoms with Crippen molar-refractivity contribution in [2.24, 2.45) is 0 Å². The lowest BCUT2D eigenvalue weighted by molar-refractivity contribution is 0.170. The van der Waals surface area contributed by atoms with Gasteiger partial charge in [-0.05, 0) is 26.4 Å². The molecule has 14 heavy (non-hydrogen) atoms. The minimum atomic E-state index is -3.75. The van der Waals surface area contributed by atoms with E-state index < -0.39 is 7.82 Å². The van der Waals surface area contributed by atoms with Crippen LogP contribution < -0.4 is 5.32 Å². The molecule has 0 aliphatic carbocycles. The first-order chi connectivity index (χ1) is 6.62. The van der Waals surface area contributed by atoms with E-state index in [0.717, 1.165) is 39.3 Å². The topological polar surface area (TPSA) is 67.8 Å². The molecule has 6 heteroatoms. The van der Waals surface area contributed by atoms with E-state index >= 15 is 0 Å². The van der Waals surface area contributed by atoms with Gasteiger partial charge in [0, 0.05) is 8.54 Å². The predicted molar refractivity (Wildman–Crippen MR) is 57.3 cm³/mol.